The van der Waals surface area contributed by atoms with Crippen molar-refractivity contribution in [3.63, 3.8) is 0 Å². The maximum atomic E-state index is 11.8. The van der Waals surface area contributed by atoms with Gasteiger partial charge in [-0.05, 0) is 7.05 Å². The van der Waals surface area contributed by atoms with E-state index in [1.54, 1.807) is 0 Å². The molecule has 0 aliphatic heterocycles. The molecule has 0 saturated carbocycles. The summed E-state index contributed by atoms with van der Waals surface area (Å²) in [7, 11) is 1.13. The first-order valence-electron chi connectivity index (χ1n) is 2.90. The standard InChI is InChI=1S/C5H9F3N2O.ClH/c1-10-3(2-4(9)11)5(6,7)8;/h3,10H,2H2,1H3,(H2,9,11);1H. The quantitative estimate of drug-likeness (QED) is 0.704. The van der Waals surface area contributed by atoms with E-state index in [2.05, 4.69) is 5.73 Å². The molecule has 7 heteroatoms. The molecule has 1 atom stereocenters. The number of carbonyl (C=O) groups excluding carboxylic acids is 1. The smallest absolute Gasteiger partial charge is 0.370 e. The van der Waals surface area contributed by atoms with Gasteiger partial charge in [-0.3, -0.25) is 4.79 Å². The van der Waals surface area contributed by atoms with Gasteiger partial charge >= 0.3 is 6.18 Å². The van der Waals surface area contributed by atoms with Crippen LogP contribution in [0.25, 0.3) is 0 Å². The Hall–Kier alpha value is -0.490. The number of primary amides is 1. The lowest BCUT2D eigenvalue weighted by atomic mass is 10.2. The van der Waals surface area contributed by atoms with Gasteiger partial charge < -0.3 is 11.1 Å². The second kappa shape index (κ2) is 5.21. The van der Waals surface area contributed by atoms with Gasteiger partial charge in [0.05, 0.1) is 6.42 Å². The first-order valence-corrected chi connectivity index (χ1v) is 2.90. The highest BCUT2D eigenvalue weighted by atomic mass is 35.5. The van der Waals surface area contributed by atoms with Gasteiger partial charge in [0.15, 0.2) is 0 Å². The number of nitrogens with two attached hydrogens (primary N) is 1. The summed E-state index contributed by atoms with van der Waals surface area (Å²) in [5.41, 5.74) is 4.59. The van der Waals surface area contributed by atoms with Crippen molar-refractivity contribution in [3.8, 4) is 0 Å². The van der Waals surface area contributed by atoms with Crippen molar-refractivity contribution in [1.29, 1.82) is 0 Å². The third kappa shape index (κ3) is 5.20. The zero-order chi connectivity index (χ0) is 9.07. The van der Waals surface area contributed by atoms with E-state index in [-0.39, 0.29) is 12.4 Å². The summed E-state index contributed by atoms with van der Waals surface area (Å²) in [6, 6.07) is -1.83. The number of amides is 1. The van der Waals surface area contributed by atoms with Gasteiger partial charge in [-0.1, -0.05) is 0 Å². The number of halogens is 4. The van der Waals surface area contributed by atoms with Gasteiger partial charge in [0.2, 0.25) is 5.91 Å². The van der Waals surface area contributed by atoms with Crippen LogP contribution < -0.4 is 11.1 Å². The van der Waals surface area contributed by atoms with E-state index in [0.29, 0.717) is 0 Å². The van der Waals surface area contributed by atoms with Crippen LogP contribution in [0, 0.1) is 0 Å². The second-order valence-corrected chi connectivity index (χ2v) is 2.05. The van der Waals surface area contributed by atoms with E-state index in [9.17, 15) is 18.0 Å². The molecule has 0 radical (unpaired) electrons. The minimum absolute atomic E-state index is 0. The fourth-order valence-corrected chi connectivity index (χ4v) is 0.583. The predicted octanol–water partition coefficient (Wildman–Crippen LogP) is 0.434. The van der Waals surface area contributed by atoms with Gasteiger partial charge in [0, 0.05) is 0 Å². The van der Waals surface area contributed by atoms with Crippen LogP contribution in [-0.4, -0.2) is 25.2 Å². The topological polar surface area (TPSA) is 55.1 Å². The molecule has 0 heterocycles. The SMILES string of the molecule is CNC(CC(N)=O)C(F)(F)F.Cl. The summed E-state index contributed by atoms with van der Waals surface area (Å²) in [4.78, 5) is 10.1. The van der Waals surface area contributed by atoms with E-state index in [1.165, 1.54) is 0 Å². The Bertz CT molecular complexity index is 150. The van der Waals surface area contributed by atoms with Gasteiger partial charge in [-0.25, -0.2) is 0 Å². The monoisotopic (exact) mass is 206 g/mol. The molecule has 3 nitrogen and oxygen atoms in total. The van der Waals surface area contributed by atoms with E-state index in [1.807, 2.05) is 5.32 Å². The van der Waals surface area contributed by atoms with Crippen molar-refractivity contribution >= 4 is 18.3 Å². The zero-order valence-electron chi connectivity index (χ0n) is 6.31. The third-order valence-electron chi connectivity index (χ3n) is 1.15. The summed E-state index contributed by atoms with van der Waals surface area (Å²) in [6.45, 7) is 0. The molecule has 0 aliphatic rings. The fourth-order valence-electron chi connectivity index (χ4n) is 0.583. The lowest BCUT2D eigenvalue weighted by Gasteiger charge is -2.17. The van der Waals surface area contributed by atoms with Gasteiger partial charge in [0.25, 0.3) is 0 Å². The number of hydrogen-bond acceptors (Lipinski definition) is 2. The molecule has 0 bridgehead atoms. The van der Waals surface area contributed by atoms with E-state index in [4.69, 9.17) is 0 Å². The molecule has 0 aromatic rings. The molecule has 0 rings (SSSR count). The lowest BCUT2D eigenvalue weighted by molar-refractivity contribution is -0.159. The summed E-state index contributed by atoms with van der Waals surface area (Å²) in [6.07, 6.45) is -5.14. The van der Waals surface area contributed by atoms with Crippen molar-refractivity contribution in [3.05, 3.63) is 0 Å². The Morgan fingerprint density at radius 2 is 2.00 bits per heavy atom. The number of nitrogens with one attached hydrogen (secondary N) is 1. The van der Waals surface area contributed by atoms with Gasteiger partial charge in [-0.2, -0.15) is 13.2 Å². The maximum absolute atomic E-state index is 11.8. The first-order chi connectivity index (χ1) is 4.88. The number of rotatable bonds is 3. The Kier molecular flexibility index (Phi) is 6.10. The molecular formula is C5H10ClF3N2O. The van der Waals surface area contributed by atoms with Crippen molar-refractivity contribution in [2.24, 2.45) is 5.73 Å². The molecule has 0 aliphatic carbocycles. The Balaban J connectivity index is 0. The number of hydrogen-bond donors (Lipinski definition) is 2. The van der Waals surface area contributed by atoms with E-state index in [0.717, 1.165) is 7.05 Å². The number of alkyl halides is 3. The zero-order valence-corrected chi connectivity index (χ0v) is 7.13. The molecule has 0 saturated heterocycles. The van der Waals surface area contributed by atoms with Crippen LogP contribution >= 0.6 is 12.4 Å². The van der Waals surface area contributed by atoms with Crippen molar-refractivity contribution in [2.45, 2.75) is 18.6 Å². The van der Waals surface area contributed by atoms with E-state index >= 15 is 0 Å². The highest BCUT2D eigenvalue weighted by Crippen LogP contribution is 2.21. The molecule has 12 heavy (non-hydrogen) atoms. The fraction of sp³-hybridized carbons (Fsp3) is 0.800. The van der Waals surface area contributed by atoms with Crippen LogP contribution in [0.3, 0.4) is 0 Å². The van der Waals surface area contributed by atoms with Crippen LogP contribution in [0.2, 0.25) is 0 Å². The van der Waals surface area contributed by atoms with E-state index < -0.39 is 24.5 Å². The maximum Gasteiger partial charge on any atom is 0.404 e. The van der Waals surface area contributed by atoms with Gasteiger partial charge in [-0.15, -0.1) is 12.4 Å². The summed E-state index contributed by atoms with van der Waals surface area (Å²) in [5, 5.41) is 1.95. The normalized spacial score (nSPS) is 13.3. The highest BCUT2D eigenvalue weighted by Gasteiger charge is 2.39. The molecular weight excluding hydrogens is 197 g/mol. The molecule has 3 N–H and O–H groups in total. The molecule has 1 amide bonds. The van der Waals surface area contributed by atoms with Gasteiger partial charge in [0.1, 0.15) is 6.04 Å². The van der Waals surface area contributed by atoms with Crippen molar-refractivity contribution in [2.75, 3.05) is 7.05 Å². The molecule has 1 unspecified atom stereocenters. The molecule has 0 aromatic carbocycles. The minimum atomic E-state index is -4.41. The summed E-state index contributed by atoms with van der Waals surface area (Å²) in [5.74, 6) is -0.971. The third-order valence-corrected chi connectivity index (χ3v) is 1.15. The van der Waals surface area contributed by atoms with Crippen LogP contribution in [0.1, 0.15) is 6.42 Å². The number of carbonyl (C=O) groups is 1. The largest absolute Gasteiger partial charge is 0.404 e. The molecule has 0 aromatic heterocycles. The average molecular weight is 207 g/mol. The summed E-state index contributed by atoms with van der Waals surface area (Å²) < 4.78 is 35.4. The lowest BCUT2D eigenvalue weighted by Crippen LogP contribution is -2.42. The highest BCUT2D eigenvalue weighted by molar-refractivity contribution is 5.85. The first kappa shape index (κ1) is 14.1. The predicted molar refractivity (Wildman–Crippen MR) is 40.0 cm³/mol. The average Bonchev–Trinajstić information content (AvgIpc) is 1.79. The van der Waals surface area contributed by atoms with Crippen molar-refractivity contribution < 1.29 is 18.0 Å². The Morgan fingerprint density at radius 3 is 2.08 bits per heavy atom. The van der Waals surface area contributed by atoms with Crippen LogP contribution in [-0.2, 0) is 4.79 Å². The Labute approximate surface area is 73.9 Å². The van der Waals surface area contributed by atoms with Crippen LogP contribution in [0.5, 0.6) is 0 Å². The minimum Gasteiger partial charge on any atom is -0.370 e. The van der Waals surface area contributed by atoms with Crippen molar-refractivity contribution in [1.82, 2.24) is 5.32 Å². The molecule has 0 spiro atoms. The summed E-state index contributed by atoms with van der Waals surface area (Å²) >= 11 is 0. The molecule has 74 valence electrons. The van der Waals surface area contributed by atoms with Crippen LogP contribution in [0.15, 0.2) is 0 Å². The van der Waals surface area contributed by atoms with Crippen LogP contribution in [0.4, 0.5) is 13.2 Å². The Morgan fingerprint density at radius 1 is 1.58 bits per heavy atom. The molecule has 0 fully saturated rings. The second-order valence-electron chi connectivity index (χ2n) is 2.05.